The van der Waals surface area contributed by atoms with Crippen molar-refractivity contribution < 1.29 is 23.9 Å². The molecular formula is C14H25N5O5. The number of hydrogen-bond donors (Lipinski definition) is 4. The predicted molar refractivity (Wildman–Crippen MR) is 83.8 cm³/mol. The van der Waals surface area contributed by atoms with Crippen molar-refractivity contribution in [1.29, 1.82) is 0 Å². The third kappa shape index (κ3) is 5.05. The highest BCUT2D eigenvalue weighted by Gasteiger charge is 2.32. The van der Waals surface area contributed by atoms with Crippen LogP contribution in [0.1, 0.15) is 6.42 Å². The molecule has 0 spiro atoms. The third-order valence-electron chi connectivity index (χ3n) is 4.34. The average Bonchev–Trinajstić information content (AvgIpc) is 3.07. The lowest BCUT2D eigenvalue weighted by Gasteiger charge is -2.37. The molecule has 0 aromatic carbocycles. The highest BCUT2D eigenvalue weighted by Crippen LogP contribution is 2.21. The maximum atomic E-state index is 12.0. The molecule has 10 nitrogen and oxygen atoms in total. The Kier molecular flexibility index (Phi) is 6.76. The maximum absolute atomic E-state index is 12.0. The number of nitrogens with one attached hydrogen (secondary N) is 2. The van der Waals surface area contributed by atoms with E-state index in [-0.39, 0.29) is 6.04 Å². The second-order valence-electron chi connectivity index (χ2n) is 5.93. The van der Waals surface area contributed by atoms with Crippen molar-refractivity contribution >= 4 is 17.8 Å². The Morgan fingerprint density at radius 2 is 1.75 bits per heavy atom. The molecule has 2 saturated heterocycles. The molecule has 0 saturated carbocycles. The van der Waals surface area contributed by atoms with Gasteiger partial charge in [0.2, 0.25) is 11.8 Å². The minimum Gasteiger partial charge on any atom is -0.381 e. The molecule has 2 aliphatic rings. The van der Waals surface area contributed by atoms with Gasteiger partial charge in [0.15, 0.2) is 6.04 Å². The lowest BCUT2D eigenvalue weighted by molar-refractivity contribution is -0.128. The number of primary amides is 2. The number of hydrogen-bond acceptors (Lipinski definition) is 6. The molecule has 24 heavy (non-hydrogen) atoms. The van der Waals surface area contributed by atoms with E-state index in [0.29, 0.717) is 38.9 Å². The Morgan fingerprint density at radius 1 is 1.08 bits per heavy atom. The summed E-state index contributed by atoms with van der Waals surface area (Å²) in [6.07, 6.45) is 0.927. The van der Waals surface area contributed by atoms with Crippen LogP contribution in [0.2, 0.25) is 0 Å². The van der Waals surface area contributed by atoms with Gasteiger partial charge in [-0.15, -0.1) is 0 Å². The van der Waals surface area contributed by atoms with E-state index in [9.17, 15) is 14.4 Å². The Bertz CT molecular complexity index is 448. The fraction of sp³-hybridized carbons (Fsp3) is 0.786. The predicted octanol–water partition coefficient (Wildman–Crippen LogP) is -2.64. The maximum Gasteiger partial charge on any atom is 0.315 e. The standard InChI is InChI=1S/C14H25N5O5/c15-12(20)11(13(16)21)18-14(22)17-7-10(9-1-4-24-8-9)19-2-5-23-6-3-19/h9-11H,1-8H2,(H2,15,20)(H2,16,21)(H2,17,18,22)/t9-,10+/m1/s1. The van der Waals surface area contributed by atoms with Crippen molar-refractivity contribution in [2.45, 2.75) is 18.5 Å². The van der Waals surface area contributed by atoms with Crippen LogP contribution in [-0.4, -0.2) is 80.9 Å². The first-order valence-corrected chi connectivity index (χ1v) is 8.01. The Morgan fingerprint density at radius 3 is 2.29 bits per heavy atom. The zero-order valence-corrected chi connectivity index (χ0v) is 13.5. The van der Waals surface area contributed by atoms with Crippen LogP contribution in [0.3, 0.4) is 0 Å². The fourth-order valence-corrected chi connectivity index (χ4v) is 3.02. The Balaban J connectivity index is 1.90. The highest BCUT2D eigenvalue weighted by molar-refractivity contribution is 6.05. The fourth-order valence-electron chi connectivity index (χ4n) is 3.02. The molecule has 136 valence electrons. The van der Waals surface area contributed by atoms with Gasteiger partial charge in [-0.05, 0) is 6.42 Å². The van der Waals surface area contributed by atoms with Crippen LogP contribution >= 0.6 is 0 Å². The number of rotatable bonds is 7. The first kappa shape index (κ1) is 18.4. The summed E-state index contributed by atoms with van der Waals surface area (Å²) in [6, 6.07) is -2.08. The molecule has 2 heterocycles. The van der Waals surface area contributed by atoms with E-state index in [0.717, 1.165) is 19.5 Å². The van der Waals surface area contributed by atoms with Gasteiger partial charge < -0.3 is 31.6 Å². The second kappa shape index (κ2) is 8.81. The van der Waals surface area contributed by atoms with Crippen molar-refractivity contribution in [2.24, 2.45) is 17.4 Å². The van der Waals surface area contributed by atoms with Gasteiger partial charge in [0, 0.05) is 38.2 Å². The van der Waals surface area contributed by atoms with Crippen LogP contribution in [0.25, 0.3) is 0 Å². The van der Waals surface area contributed by atoms with Crippen molar-refractivity contribution in [3.63, 3.8) is 0 Å². The summed E-state index contributed by atoms with van der Waals surface area (Å²) in [5, 5.41) is 4.88. The lowest BCUT2D eigenvalue weighted by atomic mass is 9.97. The van der Waals surface area contributed by atoms with Gasteiger partial charge in [0.25, 0.3) is 0 Å². The van der Waals surface area contributed by atoms with Crippen molar-refractivity contribution in [3.05, 3.63) is 0 Å². The summed E-state index contributed by atoms with van der Waals surface area (Å²) in [4.78, 5) is 36.4. The number of ether oxygens (including phenoxy) is 2. The van der Waals surface area contributed by atoms with Gasteiger partial charge in [-0.3, -0.25) is 14.5 Å². The summed E-state index contributed by atoms with van der Waals surface area (Å²) >= 11 is 0. The van der Waals surface area contributed by atoms with E-state index < -0.39 is 23.9 Å². The summed E-state index contributed by atoms with van der Waals surface area (Å²) in [7, 11) is 0. The van der Waals surface area contributed by atoms with Gasteiger partial charge in [0.1, 0.15) is 0 Å². The molecule has 0 aromatic heterocycles. The van der Waals surface area contributed by atoms with Gasteiger partial charge in [-0.25, -0.2) is 4.79 Å². The van der Waals surface area contributed by atoms with Gasteiger partial charge >= 0.3 is 6.03 Å². The molecule has 2 atom stereocenters. The van der Waals surface area contributed by atoms with Crippen molar-refractivity contribution in [3.8, 4) is 0 Å². The topological polar surface area (TPSA) is 149 Å². The zero-order chi connectivity index (χ0) is 17.5. The molecule has 0 radical (unpaired) electrons. The summed E-state index contributed by atoms with van der Waals surface area (Å²) in [5.41, 5.74) is 10.1. The highest BCUT2D eigenvalue weighted by atomic mass is 16.5. The summed E-state index contributed by atoms with van der Waals surface area (Å²) in [5.74, 6) is -1.68. The molecular weight excluding hydrogens is 318 g/mol. The van der Waals surface area contributed by atoms with Crippen molar-refractivity contribution in [1.82, 2.24) is 15.5 Å². The number of morpholine rings is 1. The van der Waals surface area contributed by atoms with Crippen molar-refractivity contribution in [2.75, 3.05) is 46.1 Å². The monoisotopic (exact) mass is 343 g/mol. The number of urea groups is 1. The van der Waals surface area contributed by atoms with E-state index >= 15 is 0 Å². The molecule has 0 aliphatic carbocycles. The molecule has 2 rings (SSSR count). The lowest BCUT2D eigenvalue weighted by Crippen LogP contribution is -2.57. The number of amides is 4. The molecule has 0 unspecified atom stereocenters. The van der Waals surface area contributed by atoms with E-state index in [1.165, 1.54) is 0 Å². The van der Waals surface area contributed by atoms with Crippen LogP contribution in [0.4, 0.5) is 4.79 Å². The van der Waals surface area contributed by atoms with Crippen LogP contribution in [-0.2, 0) is 19.1 Å². The van der Waals surface area contributed by atoms with Gasteiger partial charge in [-0.2, -0.15) is 0 Å². The summed E-state index contributed by atoms with van der Waals surface area (Å²) in [6.45, 7) is 4.61. The van der Waals surface area contributed by atoms with E-state index in [1.807, 2.05) is 0 Å². The molecule has 10 heteroatoms. The average molecular weight is 343 g/mol. The minimum absolute atomic E-state index is 0.0998. The van der Waals surface area contributed by atoms with Crippen LogP contribution in [0.15, 0.2) is 0 Å². The van der Waals surface area contributed by atoms with Gasteiger partial charge in [0.05, 0.1) is 19.8 Å². The van der Waals surface area contributed by atoms with E-state index in [4.69, 9.17) is 20.9 Å². The van der Waals surface area contributed by atoms with Crippen LogP contribution in [0, 0.1) is 5.92 Å². The molecule has 2 fully saturated rings. The molecule has 6 N–H and O–H groups in total. The van der Waals surface area contributed by atoms with Crippen LogP contribution < -0.4 is 22.1 Å². The summed E-state index contributed by atoms with van der Waals surface area (Å²) < 4.78 is 10.8. The van der Waals surface area contributed by atoms with E-state index in [1.54, 1.807) is 0 Å². The van der Waals surface area contributed by atoms with E-state index in [2.05, 4.69) is 15.5 Å². The molecule has 0 bridgehead atoms. The normalized spacial score (nSPS) is 23.0. The largest absolute Gasteiger partial charge is 0.381 e. The molecule has 4 amide bonds. The molecule has 2 aliphatic heterocycles. The number of carbonyl (C=O) groups is 3. The number of nitrogens with two attached hydrogens (primary N) is 2. The smallest absolute Gasteiger partial charge is 0.315 e. The Labute approximate surface area is 140 Å². The zero-order valence-electron chi connectivity index (χ0n) is 13.5. The second-order valence-corrected chi connectivity index (χ2v) is 5.93. The number of nitrogens with zero attached hydrogens (tertiary/aromatic N) is 1. The minimum atomic E-state index is -1.53. The third-order valence-corrected chi connectivity index (χ3v) is 4.34. The van der Waals surface area contributed by atoms with Gasteiger partial charge in [-0.1, -0.05) is 0 Å². The first-order chi connectivity index (χ1) is 11.5. The molecule has 0 aromatic rings. The Hall–Kier alpha value is -1.91. The number of carbonyl (C=O) groups excluding carboxylic acids is 3. The SMILES string of the molecule is NC(=O)C(NC(=O)NC[C@@H]([C@@H]1CCOC1)N1CCOCC1)C(N)=O. The first-order valence-electron chi connectivity index (χ1n) is 8.01. The van der Waals surface area contributed by atoms with Crippen LogP contribution in [0.5, 0.6) is 0 Å². The quantitative estimate of drug-likeness (QED) is 0.371.